The Morgan fingerprint density at radius 2 is 1.86 bits per heavy atom. The van der Waals surface area contributed by atoms with E-state index in [1.165, 1.54) is 4.57 Å². The number of rotatable bonds is 8. The summed E-state index contributed by atoms with van der Waals surface area (Å²) in [4.78, 5) is 25.3. The van der Waals surface area contributed by atoms with Gasteiger partial charge in [-0.15, -0.1) is 5.10 Å². The summed E-state index contributed by atoms with van der Waals surface area (Å²) in [5.41, 5.74) is 9.88. The summed E-state index contributed by atoms with van der Waals surface area (Å²) in [7, 11) is 0. The highest BCUT2D eigenvalue weighted by atomic mass is 16.5. The molecule has 0 unspecified atom stereocenters. The topological polar surface area (TPSA) is 138 Å². The van der Waals surface area contributed by atoms with Gasteiger partial charge in [0.05, 0.1) is 42.7 Å². The van der Waals surface area contributed by atoms with Crippen LogP contribution in [0.1, 0.15) is 41.0 Å². The molecule has 36 heavy (non-hydrogen) atoms. The highest BCUT2D eigenvalue weighted by Crippen LogP contribution is 2.38. The number of nitrogens with two attached hydrogens (primary N) is 1. The molecule has 0 aliphatic carbocycles. The molecule has 10 heteroatoms. The van der Waals surface area contributed by atoms with Crippen LogP contribution >= 0.6 is 0 Å². The molecule has 2 aromatic carbocycles. The molecule has 2 N–H and O–H groups in total. The summed E-state index contributed by atoms with van der Waals surface area (Å²) in [5, 5.41) is 19.3. The SMILES string of the molecule is CCOC(=O)Cn1c(C(=O)OCC)c(N)c2cc(C)c(-c3cn(Cc4ccccc4)nn3)c(C#N)c21. The Balaban J connectivity index is 1.91. The fourth-order valence-corrected chi connectivity index (χ4v) is 4.29. The Labute approximate surface area is 207 Å². The van der Waals surface area contributed by atoms with Gasteiger partial charge in [-0.25, -0.2) is 9.48 Å². The minimum atomic E-state index is -0.688. The van der Waals surface area contributed by atoms with Gasteiger partial charge in [0.2, 0.25) is 0 Å². The van der Waals surface area contributed by atoms with Crippen molar-refractivity contribution >= 4 is 28.5 Å². The van der Waals surface area contributed by atoms with Gasteiger partial charge in [0.25, 0.3) is 0 Å². The molecule has 0 radical (unpaired) electrons. The van der Waals surface area contributed by atoms with Crippen LogP contribution in [0.3, 0.4) is 0 Å². The number of anilines is 1. The number of nitrogen functional groups attached to an aromatic ring is 1. The maximum Gasteiger partial charge on any atom is 0.357 e. The van der Waals surface area contributed by atoms with Gasteiger partial charge in [0.1, 0.15) is 18.3 Å². The van der Waals surface area contributed by atoms with E-state index in [0.717, 1.165) is 11.1 Å². The molecule has 0 aliphatic heterocycles. The second-order valence-corrected chi connectivity index (χ2v) is 8.11. The summed E-state index contributed by atoms with van der Waals surface area (Å²) in [6.07, 6.45) is 1.76. The molecule has 0 fully saturated rings. The van der Waals surface area contributed by atoms with Gasteiger partial charge in [-0.2, -0.15) is 5.26 Å². The molecular formula is C26H26N6O4. The van der Waals surface area contributed by atoms with Gasteiger partial charge in [0.15, 0.2) is 5.69 Å². The first-order chi connectivity index (χ1) is 17.4. The van der Waals surface area contributed by atoms with Crippen LogP contribution < -0.4 is 5.73 Å². The maximum atomic E-state index is 12.8. The Morgan fingerprint density at radius 3 is 2.53 bits per heavy atom. The third-order valence-corrected chi connectivity index (χ3v) is 5.74. The minimum absolute atomic E-state index is 0.000634. The van der Waals surface area contributed by atoms with Crippen molar-refractivity contribution in [2.75, 3.05) is 18.9 Å². The number of hydrogen-bond acceptors (Lipinski definition) is 8. The molecule has 184 valence electrons. The number of fused-ring (bicyclic) bond motifs is 1. The fraction of sp³-hybridized carbons (Fsp3) is 0.269. The summed E-state index contributed by atoms with van der Waals surface area (Å²) < 4.78 is 13.4. The van der Waals surface area contributed by atoms with E-state index >= 15 is 0 Å². The molecular weight excluding hydrogens is 460 g/mol. The van der Waals surface area contributed by atoms with Crippen LogP contribution in [0.15, 0.2) is 42.6 Å². The van der Waals surface area contributed by atoms with Crippen LogP contribution in [0.25, 0.3) is 22.2 Å². The summed E-state index contributed by atoms with van der Waals surface area (Å²) >= 11 is 0. The molecule has 10 nitrogen and oxygen atoms in total. The van der Waals surface area contributed by atoms with Gasteiger partial charge >= 0.3 is 11.9 Å². The molecule has 0 bridgehead atoms. The van der Waals surface area contributed by atoms with E-state index in [4.69, 9.17) is 15.2 Å². The van der Waals surface area contributed by atoms with E-state index in [9.17, 15) is 14.9 Å². The van der Waals surface area contributed by atoms with E-state index in [2.05, 4.69) is 16.4 Å². The second kappa shape index (κ2) is 10.3. The number of carbonyl (C=O) groups is 2. The highest BCUT2D eigenvalue weighted by molar-refractivity contribution is 6.09. The van der Waals surface area contributed by atoms with Crippen LogP contribution in [-0.4, -0.2) is 44.7 Å². The third-order valence-electron chi connectivity index (χ3n) is 5.74. The molecule has 0 saturated heterocycles. The van der Waals surface area contributed by atoms with Crippen LogP contribution in [-0.2, 0) is 27.4 Å². The van der Waals surface area contributed by atoms with Crippen molar-refractivity contribution in [1.82, 2.24) is 19.6 Å². The van der Waals surface area contributed by atoms with Crippen LogP contribution in [0.2, 0.25) is 0 Å². The molecule has 0 spiro atoms. The number of esters is 2. The number of aryl methyl sites for hydroxylation is 1. The Bertz CT molecular complexity index is 1480. The molecule has 0 atom stereocenters. The highest BCUT2D eigenvalue weighted by Gasteiger charge is 2.28. The van der Waals surface area contributed by atoms with Crippen molar-refractivity contribution < 1.29 is 19.1 Å². The molecule has 2 aromatic heterocycles. The zero-order valence-corrected chi connectivity index (χ0v) is 20.3. The Kier molecular flexibility index (Phi) is 7.01. The lowest BCUT2D eigenvalue weighted by molar-refractivity contribution is -0.143. The predicted molar refractivity (Wildman–Crippen MR) is 133 cm³/mol. The smallest absolute Gasteiger partial charge is 0.357 e. The lowest BCUT2D eigenvalue weighted by Gasteiger charge is -2.12. The number of hydrogen-bond donors (Lipinski definition) is 1. The minimum Gasteiger partial charge on any atom is -0.465 e. The molecule has 4 rings (SSSR count). The fourth-order valence-electron chi connectivity index (χ4n) is 4.29. The monoisotopic (exact) mass is 486 g/mol. The zero-order valence-electron chi connectivity index (χ0n) is 20.3. The van der Waals surface area contributed by atoms with Crippen LogP contribution in [0.4, 0.5) is 5.69 Å². The standard InChI is InChI=1S/C26H26N6O4/c1-4-35-21(33)15-32-24-18(23(28)25(32)26(34)36-5-2)11-16(3)22(19(24)12-27)20-14-31(30-29-20)13-17-9-7-6-8-10-17/h6-11,14H,4-5,13,15,28H2,1-3H3. The first-order valence-corrected chi connectivity index (χ1v) is 11.5. The Hall–Kier alpha value is -4.65. The number of nitrogens with zero attached hydrogens (tertiary/aromatic N) is 5. The number of benzene rings is 2. The average molecular weight is 487 g/mol. The van der Waals surface area contributed by atoms with Crippen molar-refractivity contribution in [2.24, 2.45) is 0 Å². The summed E-state index contributed by atoms with van der Waals surface area (Å²) in [6, 6.07) is 13.8. The van der Waals surface area contributed by atoms with Crippen molar-refractivity contribution in [3.8, 4) is 17.3 Å². The van der Waals surface area contributed by atoms with E-state index < -0.39 is 11.9 Å². The Morgan fingerprint density at radius 1 is 1.14 bits per heavy atom. The first-order valence-electron chi connectivity index (χ1n) is 11.5. The van der Waals surface area contributed by atoms with E-state index in [1.54, 1.807) is 30.8 Å². The van der Waals surface area contributed by atoms with E-state index in [1.807, 2.05) is 37.3 Å². The van der Waals surface area contributed by atoms with E-state index in [-0.39, 0.29) is 36.7 Å². The van der Waals surface area contributed by atoms with Crippen molar-refractivity contribution in [3.63, 3.8) is 0 Å². The number of carbonyl (C=O) groups excluding carboxylic acids is 2. The van der Waals surface area contributed by atoms with Crippen LogP contribution in [0.5, 0.6) is 0 Å². The first kappa shape index (κ1) is 24.5. The second-order valence-electron chi connectivity index (χ2n) is 8.11. The lowest BCUT2D eigenvalue weighted by atomic mass is 9.97. The van der Waals surface area contributed by atoms with Gasteiger partial charge < -0.3 is 19.8 Å². The third kappa shape index (κ3) is 4.51. The number of nitriles is 1. The van der Waals surface area contributed by atoms with Gasteiger partial charge in [-0.05, 0) is 38.0 Å². The normalized spacial score (nSPS) is 10.8. The summed E-state index contributed by atoms with van der Waals surface area (Å²) in [6.45, 7) is 5.69. The largest absolute Gasteiger partial charge is 0.465 e. The van der Waals surface area contributed by atoms with E-state index in [0.29, 0.717) is 28.7 Å². The van der Waals surface area contributed by atoms with Crippen molar-refractivity contribution in [3.05, 3.63) is 65.0 Å². The van der Waals surface area contributed by atoms with Gasteiger partial charge in [-0.1, -0.05) is 35.5 Å². The maximum absolute atomic E-state index is 12.8. The van der Waals surface area contributed by atoms with Crippen molar-refractivity contribution in [2.45, 2.75) is 33.9 Å². The van der Waals surface area contributed by atoms with Gasteiger partial charge in [-0.3, -0.25) is 4.79 Å². The van der Waals surface area contributed by atoms with Crippen molar-refractivity contribution in [1.29, 1.82) is 5.26 Å². The quantitative estimate of drug-likeness (QED) is 0.374. The molecule has 2 heterocycles. The van der Waals surface area contributed by atoms with Crippen LogP contribution in [0, 0.1) is 18.3 Å². The predicted octanol–water partition coefficient (Wildman–Crippen LogP) is 3.45. The number of aromatic nitrogens is 4. The molecule has 0 aliphatic rings. The molecule has 0 saturated carbocycles. The summed E-state index contributed by atoms with van der Waals surface area (Å²) in [5.74, 6) is -1.26. The zero-order chi connectivity index (χ0) is 25.8. The molecule has 4 aromatic rings. The number of ether oxygens (including phenoxy) is 2. The lowest BCUT2D eigenvalue weighted by Crippen LogP contribution is -2.20. The van der Waals surface area contributed by atoms with Gasteiger partial charge in [0, 0.05) is 10.9 Å². The average Bonchev–Trinajstić information content (AvgIpc) is 3.41. The molecule has 0 amide bonds.